The topological polar surface area (TPSA) is 46.5 Å². The molecule has 3 nitrogen and oxygen atoms in total. The fraction of sp³-hybridized carbons (Fsp3) is 0.571. The average molecular weight is 179 g/mol. The van der Waals surface area contributed by atoms with E-state index in [1.54, 1.807) is 0 Å². The highest BCUT2D eigenvalue weighted by molar-refractivity contribution is 6.18. The lowest BCUT2D eigenvalue weighted by Crippen LogP contribution is -2.13. The van der Waals surface area contributed by atoms with Crippen molar-refractivity contribution < 1.29 is 14.6 Å². The van der Waals surface area contributed by atoms with Gasteiger partial charge < -0.3 is 9.84 Å². The molecule has 0 saturated heterocycles. The van der Waals surface area contributed by atoms with Crippen molar-refractivity contribution in [3.8, 4) is 0 Å². The number of alkyl halides is 1. The molecule has 0 aromatic carbocycles. The number of aliphatic hydroxyl groups is 1. The van der Waals surface area contributed by atoms with E-state index in [9.17, 15) is 4.79 Å². The van der Waals surface area contributed by atoms with Crippen molar-refractivity contribution in [2.45, 2.75) is 12.5 Å². The van der Waals surface area contributed by atoms with Crippen LogP contribution in [0.25, 0.3) is 0 Å². The lowest BCUT2D eigenvalue weighted by molar-refractivity contribution is -0.138. The van der Waals surface area contributed by atoms with Crippen LogP contribution in [-0.2, 0) is 9.53 Å². The number of ether oxygens (including phenoxy) is 1. The molecule has 0 heterocycles. The van der Waals surface area contributed by atoms with Gasteiger partial charge in [-0.05, 0) is 0 Å². The van der Waals surface area contributed by atoms with Crippen molar-refractivity contribution in [1.29, 1.82) is 0 Å². The summed E-state index contributed by atoms with van der Waals surface area (Å²) >= 11 is 5.29. The van der Waals surface area contributed by atoms with Crippen LogP contribution in [0.5, 0.6) is 0 Å². The van der Waals surface area contributed by atoms with Crippen molar-refractivity contribution in [2.75, 3.05) is 12.5 Å². The summed E-state index contributed by atoms with van der Waals surface area (Å²) in [5, 5.41) is 8.89. The van der Waals surface area contributed by atoms with E-state index in [1.807, 2.05) is 0 Å². The first-order valence-electron chi connectivity index (χ1n) is 3.24. The van der Waals surface area contributed by atoms with E-state index in [4.69, 9.17) is 16.7 Å². The second-order valence-electron chi connectivity index (χ2n) is 1.97. The summed E-state index contributed by atoms with van der Waals surface area (Å²) in [7, 11) is 0. The van der Waals surface area contributed by atoms with Gasteiger partial charge in [-0.3, -0.25) is 0 Å². The zero-order valence-corrected chi connectivity index (χ0v) is 6.88. The molecule has 1 N–H and O–H groups in total. The smallest absolute Gasteiger partial charge is 0.330 e. The van der Waals surface area contributed by atoms with Crippen LogP contribution < -0.4 is 0 Å². The van der Waals surface area contributed by atoms with Gasteiger partial charge in [0.15, 0.2) is 0 Å². The zero-order chi connectivity index (χ0) is 8.69. The molecule has 0 aliphatic rings. The van der Waals surface area contributed by atoms with Gasteiger partial charge in [-0.2, -0.15) is 0 Å². The van der Waals surface area contributed by atoms with E-state index in [-0.39, 0.29) is 12.5 Å². The number of hydrogen-bond donors (Lipinski definition) is 1. The molecule has 0 spiro atoms. The van der Waals surface area contributed by atoms with Gasteiger partial charge in [0.1, 0.15) is 0 Å². The monoisotopic (exact) mass is 178 g/mol. The van der Waals surface area contributed by atoms with Gasteiger partial charge >= 0.3 is 5.97 Å². The molecule has 0 rings (SSSR count). The molecular weight excluding hydrogens is 168 g/mol. The fourth-order valence-corrected chi connectivity index (χ4v) is 0.586. The third kappa shape index (κ3) is 5.88. The molecule has 1 atom stereocenters. The standard InChI is InChI=1S/C7H11ClO3/c1-2-7(10)11-4-3-6(9)5-8/h2,6,9H,1,3-5H2. The van der Waals surface area contributed by atoms with Gasteiger partial charge in [0.2, 0.25) is 0 Å². The Hall–Kier alpha value is -0.540. The van der Waals surface area contributed by atoms with E-state index < -0.39 is 12.1 Å². The van der Waals surface area contributed by atoms with E-state index in [0.717, 1.165) is 6.08 Å². The van der Waals surface area contributed by atoms with Gasteiger partial charge in [0, 0.05) is 18.4 Å². The Bertz CT molecular complexity index is 136. The first-order valence-corrected chi connectivity index (χ1v) is 3.77. The van der Waals surface area contributed by atoms with Gasteiger partial charge in [-0.1, -0.05) is 6.58 Å². The summed E-state index contributed by atoms with van der Waals surface area (Å²) in [5.74, 6) is -0.321. The quantitative estimate of drug-likeness (QED) is 0.383. The molecule has 0 aromatic heterocycles. The molecule has 64 valence electrons. The van der Waals surface area contributed by atoms with E-state index in [2.05, 4.69) is 11.3 Å². The number of rotatable bonds is 5. The maximum Gasteiger partial charge on any atom is 0.330 e. The molecule has 0 radical (unpaired) electrons. The molecule has 11 heavy (non-hydrogen) atoms. The maximum atomic E-state index is 10.4. The Morgan fingerprint density at radius 2 is 2.45 bits per heavy atom. The summed E-state index contributed by atoms with van der Waals surface area (Å²) in [6.45, 7) is 3.39. The van der Waals surface area contributed by atoms with Crippen LogP contribution in [0.4, 0.5) is 0 Å². The number of halogens is 1. The summed E-state index contributed by atoms with van der Waals surface area (Å²) in [4.78, 5) is 10.4. The molecule has 0 saturated carbocycles. The van der Waals surface area contributed by atoms with Crippen LogP contribution in [0.3, 0.4) is 0 Å². The minimum Gasteiger partial charge on any atom is -0.462 e. The molecule has 4 heteroatoms. The Labute approximate surface area is 70.6 Å². The third-order valence-electron chi connectivity index (χ3n) is 1.04. The molecule has 0 amide bonds. The largest absolute Gasteiger partial charge is 0.462 e. The summed E-state index contributed by atoms with van der Waals surface area (Å²) in [6.07, 6.45) is 0.838. The van der Waals surface area contributed by atoms with Crippen molar-refractivity contribution in [1.82, 2.24) is 0 Å². The fourth-order valence-electron chi connectivity index (χ4n) is 0.432. The first-order chi connectivity index (χ1) is 5.20. The normalized spacial score (nSPS) is 12.2. The lowest BCUT2D eigenvalue weighted by Gasteiger charge is -2.05. The van der Waals surface area contributed by atoms with E-state index in [1.165, 1.54) is 0 Å². The second kappa shape index (κ2) is 6.19. The van der Waals surface area contributed by atoms with Gasteiger partial charge in [0.05, 0.1) is 12.7 Å². The highest BCUT2D eigenvalue weighted by Crippen LogP contribution is 1.95. The average Bonchev–Trinajstić information content (AvgIpc) is 2.04. The molecule has 0 aromatic rings. The van der Waals surface area contributed by atoms with Gasteiger partial charge in [-0.25, -0.2) is 4.79 Å². The zero-order valence-electron chi connectivity index (χ0n) is 6.12. The van der Waals surface area contributed by atoms with Crippen LogP contribution in [0.1, 0.15) is 6.42 Å². The van der Waals surface area contributed by atoms with Crippen molar-refractivity contribution in [3.05, 3.63) is 12.7 Å². The van der Waals surface area contributed by atoms with Crippen LogP contribution in [0, 0.1) is 0 Å². The Kier molecular flexibility index (Phi) is 5.88. The third-order valence-corrected chi connectivity index (χ3v) is 1.40. The van der Waals surface area contributed by atoms with E-state index >= 15 is 0 Å². The van der Waals surface area contributed by atoms with E-state index in [0.29, 0.717) is 6.42 Å². The molecule has 0 aliphatic heterocycles. The number of carbonyl (C=O) groups excluding carboxylic acids is 1. The van der Waals surface area contributed by atoms with Crippen molar-refractivity contribution >= 4 is 17.6 Å². The Balaban J connectivity index is 3.26. The Morgan fingerprint density at radius 1 is 1.82 bits per heavy atom. The van der Waals surface area contributed by atoms with Gasteiger partial charge in [-0.15, -0.1) is 11.6 Å². The second-order valence-corrected chi connectivity index (χ2v) is 2.28. The highest BCUT2D eigenvalue weighted by atomic mass is 35.5. The minimum atomic E-state index is -0.603. The van der Waals surface area contributed by atoms with Crippen LogP contribution in [-0.4, -0.2) is 29.7 Å². The summed E-state index contributed by atoms with van der Waals surface area (Å²) < 4.78 is 4.59. The van der Waals surface area contributed by atoms with Crippen molar-refractivity contribution in [2.24, 2.45) is 0 Å². The summed E-state index contributed by atoms with van der Waals surface area (Å²) in [6, 6.07) is 0. The number of esters is 1. The molecule has 1 unspecified atom stereocenters. The number of aliphatic hydroxyl groups excluding tert-OH is 1. The van der Waals surface area contributed by atoms with Gasteiger partial charge in [0.25, 0.3) is 0 Å². The molecule has 0 fully saturated rings. The van der Waals surface area contributed by atoms with Crippen LogP contribution >= 0.6 is 11.6 Å². The molecule has 0 bridgehead atoms. The lowest BCUT2D eigenvalue weighted by atomic mass is 10.3. The molecule has 0 aliphatic carbocycles. The Morgan fingerprint density at radius 3 is 2.91 bits per heavy atom. The predicted octanol–water partition coefficient (Wildman–Crippen LogP) is 0.705. The van der Waals surface area contributed by atoms with Crippen LogP contribution in [0.2, 0.25) is 0 Å². The first kappa shape index (κ1) is 10.5. The molecular formula is C7H11ClO3. The maximum absolute atomic E-state index is 10.4. The van der Waals surface area contributed by atoms with Crippen LogP contribution in [0.15, 0.2) is 12.7 Å². The SMILES string of the molecule is C=CC(=O)OCCC(O)CCl. The number of carbonyl (C=O) groups is 1. The summed E-state index contributed by atoms with van der Waals surface area (Å²) in [5.41, 5.74) is 0. The minimum absolute atomic E-state index is 0.158. The highest BCUT2D eigenvalue weighted by Gasteiger charge is 2.02. The predicted molar refractivity (Wildman–Crippen MR) is 42.5 cm³/mol. The number of hydrogen-bond acceptors (Lipinski definition) is 3. The van der Waals surface area contributed by atoms with Crippen molar-refractivity contribution in [3.63, 3.8) is 0 Å².